The summed E-state index contributed by atoms with van der Waals surface area (Å²) in [6.07, 6.45) is 3.31. The lowest BCUT2D eigenvalue weighted by atomic mass is 9.85. The number of hydrogen-bond acceptors (Lipinski definition) is 3. The predicted octanol–water partition coefficient (Wildman–Crippen LogP) is 1.44. The van der Waals surface area contributed by atoms with Crippen molar-refractivity contribution >= 4 is 35.1 Å². The van der Waals surface area contributed by atoms with Crippen LogP contribution in [0.25, 0.3) is 0 Å². The van der Waals surface area contributed by atoms with E-state index in [2.05, 4.69) is 4.74 Å². The topological polar surface area (TPSA) is 43.4 Å². The van der Waals surface area contributed by atoms with Gasteiger partial charge in [0, 0.05) is 0 Å². The van der Waals surface area contributed by atoms with Gasteiger partial charge in [0.05, 0.1) is 11.8 Å². The maximum Gasteiger partial charge on any atom is 0.321 e. The Morgan fingerprint density at radius 1 is 1.38 bits per heavy atom. The fourth-order valence-corrected chi connectivity index (χ4v) is 2.06. The molecule has 1 fully saturated rings. The van der Waals surface area contributed by atoms with Crippen molar-refractivity contribution in [1.29, 1.82) is 0 Å². The number of cyclic esters (lactones) is 2. The monoisotopic (exact) mass is 220 g/mol. The fraction of sp³-hybridized carbons (Fsp3) is 0.500. The molecule has 1 saturated heterocycles. The van der Waals surface area contributed by atoms with Crippen LogP contribution in [-0.4, -0.2) is 16.3 Å². The molecule has 13 heavy (non-hydrogen) atoms. The van der Waals surface area contributed by atoms with Crippen molar-refractivity contribution in [3.05, 3.63) is 12.2 Å². The second-order valence-electron chi connectivity index (χ2n) is 3.20. The largest absolute Gasteiger partial charge is 0.392 e. The standard InChI is InChI=1S/C8H6Cl2O3/c9-8(10)2-1-4-5(3-8)7(12)13-6(4)11/h1-2,4-5H,3H2. The van der Waals surface area contributed by atoms with E-state index in [0.29, 0.717) is 0 Å². The van der Waals surface area contributed by atoms with Crippen molar-refractivity contribution < 1.29 is 14.3 Å². The molecule has 70 valence electrons. The highest BCUT2D eigenvalue weighted by atomic mass is 35.5. The number of hydrogen-bond donors (Lipinski definition) is 0. The number of fused-ring (bicyclic) bond motifs is 1. The van der Waals surface area contributed by atoms with E-state index in [4.69, 9.17) is 23.2 Å². The summed E-state index contributed by atoms with van der Waals surface area (Å²) in [7, 11) is 0. The Balaban J connectivity index is 2.32. The molecule has 2 atom stereocenters. The first-order valence-corrected chi connectivity index (χ1v) is 4.58. The molecule has 0 bridgehead atoms. The van der Waals surface area contributed by atoms with Crippen LogP contribution in [0.4, 0.5) is 0 Å². The van der Waals surface area contributed by atoms with Crippen molar-refractivity contribution in [1.82, 2.24) is 0 Å². The number of allylic oxidation sites excluding steroid dienone is 1. The molecule has 2 unspecified atom stereocenters. The lowest BCUT2D eigenvalue weighted by Gasteiger charge is -2.24. The minimum absolute atomic E-state index is 0.238. The van der Waals surface area contributed by atoms with E-state index in [1.807, 2.05) is 0 Å². The van der Waals surface area contributed by atoms with E-state index in [1.165, 1.54) is 6.08 Å². The molecule has 5 heteroatoms. The van der Waals surface area contributed by atoms with Crippen LogP contribution in [0.15, 0.2) is 12.2 Å². The normalized spacial score (nSPS) is 35.8. The average molecular weight is 221 g/mol. The Kier molecular flexibility index (Phi) is 1.89. The molecule has 1 aliphatic carbocycles. The van der Waals surface area contributed by atoms with Crippen LogP contribution in [0.5, 0.6) is 0 Å². The van der Waals surface area contributed by atoms with Gasteiger partial charge in [0.15, 0.2) is 0 Å². The van der Waals surface area contributed by atoms with Crippen molar-refractivity contribution in [3.63, 3.8) is 0 Å². The minimum atomic E-state index is -1.05. The predicted molar refractivity (Wildman–Crippen MR) is 46.3 cm³/mol. The number of alkyl halides is 2. The van der Waals surface area contributed by atoms with Crippen LogP contribution in [0, 0.1) is 11.8 Å². The van der Waals surface area contributed by atoms with Crippen LogP contribution >= 0.6 is 23.2 Å². The Hall–Kier alpha value is -0.540. The van der Waals surface area contributed by atoms with E-state index in [9.17, 15) is 9.59 Å². The van der Waals surface area contributed by atoms with Crippen LogP contribution in [0.1, 0.15) is 6.42 Å². The maximum atomic E-state index is 11.1. The molecule has 0 aromatic heterocycles. The van der Waals surface area contributed by atoms with Crippen LogP contribution in [0.2, 0.25) is 0 Å². The number of halogens is 2. The Morgan fingerprint density at radius 2 is 2.08 bits per heavy atom. The van der Waals surface area contributed by atoms with Gasteiger partial charge in [-0.15, -0.1) is 0 Å². The van der Waals surface area contributed by atoms with Crippen molar-refractivity contribution in [2.75, 3.05) is 0 Å². The summed E-state index contributed by atoms with van der Waals surface area (Å²) < 4.78 is 3.40. The number of carbonyl (C=O) groups is 2. The summed E-state index contributed by atoms with van der Waals surface area (Å²) >= 11 is 11.6. The summed E-state index contributed by atoms with van der Waals surface area (Å²) in [6.45, 7) is 0. The number of ether oxygens (including phenoxy) is 1. The molecule has 0 spiro atoms. The second-order valence-corrected chi connectivity index (χ2v) is 4.74. The first-order valence-electron chi connectivity index (χ1n) is 3.82. The highest BCUT2D eigenvalue weighted by Crippen LogP contribution is 2.42. The van der Waals surface area contributed by atoms with E-state index < -0.39 is 28.1 Å². The summed E-state index contributed by atoms with van der Waals surface area (Å²) in [5, 5.41) is 0. The molecule has 3 nitrogen and oxygen atoms in total. The third-order valence-corrected chi connectivity index (χ3v) is 2.81. The molecule has 0 aromatic carbocycles. The highest BCUT2D eigenvalue weighted by Gasteiger charge is 2.48. The Morgan fingerprint density at radius 3 is 2.77 bits per heavy atom. The van der Waals surface area contributed by atoms with Crippen molar-refractivity contribution in [2.45, 2.75) is 10.8 Å². The minimum Gasteiger partial charge on any atom is -0.392 e. The Labute approximate surface area is 84.6 Å². The third kappa shape index (κ3) is 1.46. The maximum absolute atomic E-state index is 11.1. The third-order valence-electron chi connectivity index (χ3n) is 2.25. The number of carbonyl (C=O) groups excluding carboxylic acids is 2. The zero-order valence-electron chi connectivity index (χ0n) is 6.50. The SMILES string of the molecule is O=C1OC(=O)C2CC(Cl)(Cl)C=CC12. The average Bonchev–Trinajstić information content (AvgIpc) is 2.26. The molecule has 1 heterocycles. The molecule has 1 aliphatic heterocycles. The van der Waals surface area contributed by atoms with Crippen LogP contribution in [-0.2, 0) is 14.3 Å². The van der Waals surface area contributed by atoms with E-state index in [0.717, 1.165) is 0 Å². The van der Waals surface area contributed by atoms with E-state index >= 15 is 0 Å². The number of rotatable bonds is 0. The van der Waals surface area contributed by atoms with Gasteiger partial charge < -0.3 is 4.74 Å². The summed E-state index contributed by atoms with van der Waals surface area (Å²) in [5.74, 6) is -2.02. The molecule has 0 saturated carbocycles. The quantitative estimate of drug-likeness (QED) is 0.269. The molecule has 0 amide bonds. The smallest absolute Gasteiger partial charge is 0.321 e. The first-order chi connectivity index (χ1) is 5.99. The Bertz CT molecular complexity index is 309. The van der Waals surface area contributed by atoms with Gasteiger partial charge in [0.1, 0.15) is 4.33 Å². The molecule has 0 aromatic rings. The van der Waals surface area contributed by atoms with Crippen LogP contribution in [0.3, 0.4) is 0 Å². The number of esters is 2. The lowest BCUT2D eigenvalue weighted by Crippen LogP contribution is -2.28. The van der Waals surface area contributed by atoms with Gasteiger partial charge in [-0.2, -0.15) is 0 Å². The molecular weight excluding hydrogens is 215 g/mol. The second kappa shape index (κ2) is 2.72. The summed E-state index contributed by atoms with van der Waals surface area (Å²) in [5.41, 5.74) is 0. The van der Waals surface area contributed by atoms with Gasteiger partial charge in [0.25, 0.3) is 0 Å². The van der Waals surface area contributed by atoms with E-state index in [1.54, 1.807) is 6.08 Å². The van der Waals surface area contributed by atoms with Gasteiger partial charge in [-0.1, -0.05) is 35.4 Å². The molecule has 0 radical (unpaired) electrons. The van der Waals surface area contributed by atoms with Gasteiger partial charge in [-0.25, -0.2) is 0 Å². The zero-order valence-corrected chi connectivity index (χ0v) is 8.01. The zero-order chi connectivity index (χ0) is 9.64. The molecular formula is C8H6Cl2O3. The van der Waals surface area contributed by atoms with Gasteiger partial charge in [-0.05, 0) is 6.42 Å². The molecule has 0 N–H and O–H groups in total. The van der Waals surface area contributed by atoms with Crippen molar-refractivity contribution in [2.24, 2.45) is 11.8 Å². The first kappa shape index (κ1) is 9.03. The molecule has 2 rings (SSSR count). The van der Waals surface area contributed by atoms with E-state index in [-0.39, 0.29) is 6.42 Å². The summed E-state index contributed by atoms with van der Waals surface area (Å²) in [4.78, 5) is 22.2. The van der Waals surface area contributed by atoms with Crippen molar-refractivity contribution in [3.8, 4) is 0 Å². The molecule has 2 aliphatic rings. The van der Waals surface area contributed by atoms with Gasteiger partial charge in [-0.3, -0.25) is 9.59 Å². The fourth-order valence-electron chi connectivity index (χ4n) is 1.58. The van der Waals surface area contributed by atoms with Gasteiger partial charge in [0.2, 0.25) is 0 Å². The lowest BCUT2D eigenvalue weighted by molar-refractivity contribution is -0.153. The highest BCUT2D eigenvalue weighted by molar-refractivity contribution is 6.50. The van der Waals surface area contributed by atoms with Gasteiger partial charge >= 0.3 is 11.9 Å². The summed E-state index contributed by atoms with van der Waals surface area (Å²) in [6, 6.07) is 0. The van der Waals surface area contributed by atoms with Crippen LogP contribution < -0.4 is 0 Å².